The van der Waals surface area contributed by atoms with Gasteiger partial charge in [0.2, 0.25) is 0 Å². The van der Waals surface area contributed by atoms with E-state index in [1.165, 1.54) is 44.3 Å². The van der Waals surface area contributed by atoms with Gasteiger partial charge >= 0.3 is 0 Å². The van der Waals surface area contributed by atoms with Crippen LogP contribution in [0.3, 0.4) is 0 Å². The van der Waals surface area contributed by atoms with Gasteiger partial charge < -0.3 is 15.4 Å². The number of nitrogens with two attached hydrogens (primary N) is 1. The number of nitrogens with zero attached hydrogens (tertiary/aromatic N) is 1. The van der Waals surface area contributed by atoms with E-state index in [1.807, 2.05) is 0 Å². The van der Waals surface area contributed by atoms with Gasteiger partial charge in [0.25, 0.3) is 0 Å². The molecule has 22 heavy (non-hydrogen) atoms. The largest absolute Gasteiger partial charge is 0.497 e. The second-order valence-corrected chi connectivity index (χ2v) is 7.28. The summed E-state index contributed by atoms with van der Waals surface area (Å²) in [7, 11) is 1.72. The number of rotatable bonds is 5. The molecule has 0 bridgehead atoms. The Labute approximate surface area is 134 Å². The highest BCUT2D eigenvalue weighted by Crippen LogP contribution is 2.28. The Kier molecular flexibility index (Phi) is 5.37. The minimum Gasteiger partial charge on any atom is -0.497 e. The highest BCUT2D eigenvalue weighted by atomic mass is 16.5. The Bertz CT molecular complexity index is 453. The average Bonchev–Trinajstić information content (AvgIpc) is 3.00. The van der Waals surface area contributed by atoms with Crippen molar-refractivity contribution >= 4 is 0 Å². The summed E-state index contributed by atoms with van der Waals surface area (Å²) < 4.78 is 5.24. The van der Waals surface area contributed by atoms with E-state index in [-0.39, 0.29) is 0 Å². The maximum Gasteiger partial charge on any atom is 0.118 e. The molecule has 122 valence electrons. The number of benzene rings is 1. The van der Waals surface area contributed by atoms with Crippen molar-refractivity contribution in [1.82, 2.24) is 4.90 Å². The lowest BCUT2D eigenvalue weighted by Crippen LogP contribution is -2.48. The van der Waals surface area contributed by atoms with Crippen molar-refractivity contribution in [1.29, 1.82) is 0 Å². The predicted molar refractivity (Wildman–Crippen MR) is 91.2 cm³/mol. The summed E-state index contributed by atoms with van der Waals surface area (Å²) in [5.74, 6) is 2.55. The Hall–Kier alpha value is -1.06. The van der Waals surface area contributed by atoms with Crippen LogP contribution in [0.1, 0.15) is 37.7 Å². The molecule has 3 nitrogen and oxygen atoms in total. The molecule has 1 heterocycles. The van der Waals surface area contributed by atoms with Crippen LogP contribution in [0.15, 0.2) is 24.3 Å². The van der Waals surface area contributed by atoms with Gasteiger partial charge in [0.1, 0.15) is 5.75 Å². The first-order valence-corrected chi connectivity index (χ1v) is 8.84. The second-order valence-electron chi connectivity index (χ2n) is 7.28. The number of hydrogen-bond donors (Lipinski definition) is 1. The molecule has 2 aliphatic rings. The van der Waals surface area contributed by atoms with E-state index in [0.29, 0.717) is 12.0 Å². The quantitative estimate of drug-likeness (QED) is 0.908. The Balaban J connectivity index is 1.55. The molecule has 2 atom stereocenters. The molecule has 0 spiro atoms. The van der Waals surface area contributed by atoms with Crippen LogP contribution in [0.25, 0.3) is 0 Å². The fraction of sp³-hybridized carbons (Fsp3) is 0.684. The van der Waals surface area contributed by atoms with Gasteiger partial charge in [-0.3, -0.25) is 0 Å². The molecule has 1 aromatic rings. The Morgan fingerprint density at radius 3 is 2.50 bits per heavy atom. The third-order valence-corrected chi connectivity index (χ3v) is 5.32. The summed E-state index contributed by atoms with van der Waals surface area (Å²) in [6.45, 7) is 3.58. The summed E-state index contributed by atoms with van der Waals surface area (Å²) in [4.78, 5) is 2.64. The number of methoxy groups -OCH3 is 1. The first-order chi connectivity index (χ1) is 10.7. The Morgan fingerprint density at radius 2 is 1.82 bits per heavy atom. The number of ether oxygens (including phenoxy) is 1. The van der Waals surface area contributed by atoms with Gasteiger partial charge in [0, 0.05) is 25.7 Å². The number of piperidine rings is 1. The minimum absolute atomic E-state index is 0.346. The molecule has 2 unspecified atom stereocenters. The molecule has 1 saturated heterocycles. The number of likely N-dealkylation sites (tertiary alicyclic amines) is 1. The first kappa shape index (κ1) is 15.8. The van der Waals surface area contributed by atoms with Crippen LogP contribution in [0, 0.1) is 11.8 Å². The fourth-order valence-corrected chi connectivity index (χ4v) is 4.30. The van der Waals surface area contributed by atoms with Crippen molar-refractivity contribution < 1.29 is 4.74 Å². The van der Waals surface area contributed by atoms with Gasteiger partial charge in [0.05, 0.1) is 7.11 Å². The maximum atomic E-state index is 6.33. The minimum atomic E-state index is 0.346. The average molecular weight is 302 g/mol. The van der Waals surface area contributed by atoms with Crippen LogP contribution < -0.4 is 10.5 Å². The first-order valence-electron chi connectivity index (χ1n) is 8.84. The highest BCUT2D eigenvalue weighted by Gasteiger charge is 2.27. The van der Waals surface area contributed by atoms with Crippen LogP contribution in [-0.4, -0.2) is 37.7 Å². The lowest BCUT2D eigenvalue weighted by molar-refractivity contribution is 0.136. The SMILES string of the molecule is COc1ccc(CC2CC(N)CN(CC3CCCC3)C2)cc1. The monoisotopic (exact) mass is 302 g/mol. The maximum absolute atomic E-state index is 6.33. The summed E-state index contributed by atoms with van der Waals surface area (Å²) in [6.07, 6.45) is 8.01. The van der Waals surface area contributed by atoms with E-state index < -0.39 is 0 Å². The molecular formula is C19H30N2O. The second kappa shape index (κ2) is 7.47. The van der Waals surface area contributed by atoms with Gasteiger partial charge in [-0.15, -0.1) is 0 Å². The molecule has 0 aromatic heterocycles. The van der Waals surface area contributed by atoms with Gasteiger partial charge in [-0.05, 0) is 55.2 Å². The third-order valence-electron chi connectivity index (χ3n) is 5.32. The molecule has 1 aliphatic carbocycles. The summed E-state index contributed by atoms with van der Waals surface area (Å²) in [6, 6.07) is 8.86. The van der Waals surface area contributed by atoms with E-state index in [2.05, 4.69) is 29.2 Å². The van der Waals surface area contributed by atoms with E-state index in [9.17, 15) is 0 Å². The standard InChI is InChI=1S/C19H30N2O/c1-22-19-8-6-15(7-9-19)10-17-11-18(20)14-21(13-17)12-16-4-2-3-5-16/h6-9,16-18H,2-5,10-14,20H2,1H3. The zero-order valence-corrected chi connectivity index (χ0v) is 13.8. The molecule has 1 aromatic carbocycles. The fourth-order valence-electron chi connectivity index (χ4n) is 4.30. The van der Waals surface area contributed by atoms with Crippen molar-refractivity contribution in [2.24, 2.45) is 17.6 Å². The van der Waals surface area contributed by atoms with Gasteiger partial charge in [0.15, 0.2) is 0 Å². The van der Waals surface area contributed by atoms with Crippen molar-refractivity contribution in [3.63, 3.8) is 0 Å². The summed E-state index contributed by atoms with van der Waals surface area (Å²) in [5.41, 5.74) is 7.73. The van der Waals surface area contributed by atoms with Crippen LogP contribution >= 0.6 is 0 Å². The number of hydrogen-bond acceptors (Lipinski definition) is 3. The molecule has 2 N–H and O–H groups in total. The topological polar surface area (TPSA) is 38.5 Å². The van der Waals surface area contributed by atoms with Gasteiger partial charge in [-0.25, -0.2) is 0 Å². The lowest BCUT2D eigenvalue weighted by atomic mass is 9.88. The van der Waals surface area contributed by atoms with Crippen LogP contribution in [0.4, 0.5) is 0 Å². The van der Waals surface area contributed by atoms with E-state index in [1.54, 1.807) is 7.11 Å². The van der Waals surface area contributed by atoms with Crippen LogP contribution in [0.5, 0.6) is 5.75 Å². The lowest BCUT2D eigenvalue weighted by Gasteiger charge is -2.37. The van der Waals surface area contributed by atoms with Crippen molar-refractivity contribution in [3.8, 4) is 5.75 Å². The predicted octanol–water partition coefficient (Wildman–Crippen LogP) is 3.08. The van der Waals surface area contributed by atoms with Gasteiger partial charge in [-0.1, -0.05) is 25.0 Å². The molecule has 2 fully saturated rings. The van der Waals surface area contributed by atoms with Crippen LogP contribution in [0.2, 0.25) is 0 Å². The molecule has 1 aliphatic heterocycles. The Morgan fingerprint density at radius 1 is 1.09 bits per heavy atom. The zero-order valence-electron chi connectivity index (χ0n) is 13.8. The molecule has 1 saturated carbocycles. The van der Waals surface area contributed by atoms with Crippen molar-refractivity contribution in [2.45, 2.75) is 44.6 Å². The highest BCUT2D eigenvalue weighted by molar-refractivity contribution is 5.27. The van der Waals surface area contributed by atoms with Crippen LogP contribution in [-0.2, 0) is 6.42 Å². The third kappa shape index (κ3) is 4.23. The smallest absolute Gasteiger partial charge is 0.118 e. The van der Waals surface area contributed by atoms with E-state index in [0.717, 1.165) is 31.1 Å². The molecule has 0 amide bonds. The zero-order chi connectivity index (χ0) is 15.4. The van der Waals surface area contributed by atoms with Crippen molar-refractivity contribution in [3.05, 3.63) is 29.8 Å². The summed E-state index contributed by atoms with van der Waals surface area (Å²) >= 11 is 0. The molecule has 3 rings (SSSR count). The normalized spacial score (nSPS) is 27.2. The molecule has 0 radical (unpaired) electrons. The molecule has 3 heteroatoms. The van der Waals surface area contributed by atoms with E-state index >= 15 is 0 Å². The molecular weight excluding hydrogens is 272 g/mol. The van der Waals surface area contributed by atoms with E-state index in [4.69, 9.17) is 10.5 Å². The van der Waals surface area contributed by atoms with Crippen molar-refractivity contribution in [2.75, 3.05) is 26.7 Å². The summed E-state index contributed by atoms with van der Waals surface area (Å²) in [5, 5.41) is 0. The van der Waals surface area contributed by atoms with Gasteiger partial charge in [-0.2, -0.15) is 0 Å².